The zero-order valence-corrected chi connectivity index (χ0v) is 13.3. The lowest BCUT2D eigenvalue weighted by molar-refractivity contribution is -0.117. The third kappa shape index (κ3) is 3.42. The summed E-state index contributed by atoms with van der Waals surface area (Å²) in [5.41, 5.74) is 1.93. The average molecular weight is 332 g/mol. The quantitative estimate of drug-likeness (QED) is 0.767. The first kappa shape index (κ1) is 15.1. The van der Waals surface area contributed by atoms with Gasteiger partial charge in [0, 0.05) is 24.4 Å². The number of ether oxygens (including phenoxy) is 1. The number of hydrogen-bond acceptors (Lipinski definition) is 5. The van der Waals surface area contributed by atoms with Crippen LogP contribution in [0, 0.1) is 0 Å². The van der Waals surface area contributed by atoms with E-state index >= 15 is 0 Å². The molecule has 0 bridgehead atoms. The van der Waals surface area contributed by atoms with Crippen molar-refractivity contribution < 1.29 is 9.53 Å². The normalized spacial score (nSPS) is 15.8. The molecular weight excluding hydrogens is 316 g/mol. The Bertz CT molecular complexity index is 899. The molecule has 3 aromatic rings. The molecule has 0 saturated carbocycles. The second-order valence-corrected chi connectivity index (χ2v) is 5.68. The number of nitrogens with one attached hydrogen (secondary N) is 2. The van der Waals surface area contributed by atoms with Gasteiger partial charge in [0.15, 0.2) is 0 Å². The summed E-state index contributed by atoms with van der Waals surface area (Å²) in [5, 5.41) is 5.98. The predicted molar refractivity (Wildman–Crippen MR) is 94.7 cm³/mol. The lowest BCUT2D eigenvalue weighted by Gasteiger charge is -2.25. The monoisotopic (exact) mass is 332 g/mol. The SMILES string of the molecule is O=C1Nc2ccccc2CC1Nc1nccc(Oc2ccccc2)n1. The van der Waals surface area contributed by atoms with Crippen LogP contribution in [0.3, 0.4) is 0 Å². The maximum atomic E-state index is 12.3. The van der Waals surface area contributed by atoms with E-state index in [4.69, 9.17) is 4.74 Å². The first-order valence-corrected chi connectivity index (χ1v) is 7.99. The molecule has 25 heavy (non-hydrogen) atoms. The van der Waals surface area contributed by atoms with Gasteiger partial charge in [-0.3, -0.25) is 4.79 Å². The number of nitrogens with zero attached hydrogens (tertiary/aromatic N) is 2. The maximum Gasteiger partial charge on any atom is 0.247 e. The standard InChI is InChI=1S/C19H16N4O2/c24-18-16(12-13-6-4-5-9-15(13)21-18)22-19-20-11-10-17(23-19)25-14-7-2-1-3-8-14/h1-11,16H,12H2,(H,21,24)(H,20,22,23). The summed E-state index contributed by atoms with van der Waals surface area (Å²) >= 11 is 0. The van der Waals surface area contributed by atoms with Crippen molar-refractivity contribution in [2.75, 3.05) is 10.6 Å². The Balaban J connectivity index is 1.50. The highest BCUT2D eigenvalue weighted by Gasteiger charge is 2.26. The Kier molecular flexibility index (Phi) is 4.00. The molecule has 0 fully saturated rings. The Morgan fingerprint density at radius 3 is 2.72 bits per heavy atom. The average Bonchev–Trinajstić information content (AvgIpc) is 2.63. The van der Waals surface area contributed by atoms with Crippen LogP contribution >= 0.6 is 0 Å². The van der Waals surface area contributed by atoms with Crippen molar-refractivity contribution in [3.05, 3.63) is 72.4 Å². The number of benzene rings is 2. The minimum atomic E-state index is -0.429. The van der Waals surface area contributed by atoms with Gasteiger partial charge in [-0.2, -0.15) is 4.98 Å². The summed E-state index contributed by atoms with van der Waals surface area (Å²) in [6.07, 6.45) is 2.18. The van der Waals surface area contributed by atoms with E-state index in [0.29, 0.717) is 24.0 Å². The first-order chi connectivity index (χ1) is 12.3. The third-order valence-corrected chi connectivity index (χ3v) is 3.91. The van der Waals surface area contributed by atoms with E-state index in [-0.39, 0.29) is 5.91 Å². The summed E-state index contributed by atoms with van der Waals surface area (Å²) in [6.45, 7) is 0. The van der Waals surface area contributed by atoms with Gasteiger partial charge >= 0.3 is 0 Å². The van der Waals surface area contributed by atoms with Crippen molar-refractivity contribution in [3.63, 3.8) is 0 Å². The molecular formula is C19H16N4O2. The van der Waals surface area contributed by atoms with E-state index in [1.165, 1.54) is 0 Å². The van der Waals surface area contributed by atoms with Gasteiger partial charge in [-0.25, -0.2) is 4.98 Å². The predicted octanol–water partition coefficient (Wildman–Crippen LogP) is 3.24. The van der Waals surface area contributed by atoms with Gasteiger partial charge in [-0.1, -0.05) is 36.4 Å². The molecule has 2 N–H and O–H groups in total. The van der Waals surface area contributed by atoms with Crippen molar-refractivity contribution in [2.45, 2.75) is 12.5 Å². The largest absolute Gasteiger partial charge is 0.439 e. The fourth-order valence-electron chi connectivity index (χ4n) is 2.70. The minimum absolute atomic E-state index is 0.100. The third-order valence-electron chi connectivity index (χ3n) is 3.91. The van der Waals surface area contributed by atoms with Crippen LogP contribution < -0.4 is 15.4 Å². The molecule has 2 heterocycles. The molecule has 0 radical (unpaired) electrons. The van der Waals surface area contributed by atoms with E-state index in [1.54, 1.807) is 12.3 Å². The molecule has 1 aromatic heterocycles. The zero-order chi connectivity index (χ0) is 17.1. The number of rotatable bonds is 4. The lowest BCUT2D eigenvalue weighted by Crippen LogP contribution is -2.40. The Hall–Kier alpha value is -3.41. The van der Waals surface area contributed by atoms with Crippen LogP contribution in [0.1, 0.15) is 5.56 Å². The van der Waals surface area contributed by atoms with E-state index in [9.17, 15) is 4.79 Å². The Morgan fingerprint density at radius 2 is 1.84 bits per heavy atom. The van der Waals surface area contributed by atoms with Crippen LogP contribution in [0.2, 0.25) is 0 Å². The Morgan fingerprint density at radius 1 is 1.04 bits per heavy atom. The summed E-state index contributed by atoms with van der Waals surface area (Å²) in [7, 11) is 0. The van der Waals surface area contributed by atoms with Crippen molar-refractivity contribution in [3.8, 4) is 11.6 Å². The first-order valence-electron chi connectivity index (χ1n) is 7.99. The van der Waals surface area contributed by atoms with Gasteiger partial charge in [0.1, 0.15) is 11.8 Å². The lowest BCUT2D eigenvalue weighted by atomic mass is 9.99. The molecule has 1 aliphatic heterocycles. The van der Waals surface area contributed by atoms with Gasteiger partial charge < -0.3 is 15.4 Å². The van der Waals surface area contributed by atoms with Crippen molar-refractivity contribution in [2.24, 2.45) is 0 Å². The summed E-state index contributed by atoms with van der Waals surface area (Å²) in [6, 6.07) is 18.4. The molecule has 1 unspecified atom stereocenters. The molecule has 0 saturated heterocycles. The fraction of sp³-hybridized carbons (Fsp3) is 0.105. The number of fused-ring (bicyclic) bond motifs is 1. The van der Waals surface area contributed by atoms with E-state index < -0.39 is 6.04 Å². The number of anilines is 2. The molecule has 0 spiro atoms. The number of aromatic nitrogens is 2. The summed E-state index contributed by atoms with van der Waals surface area (Å²) < 4.78 is 5.70. The smallest absolute Gasteiger partial charge is 0.247 e. The fourth-order valence-corrected chi connectivity index (χ4v) is 2.70. The molecule has 1 atom stereocenters. The number of amides is 1. The van der Waals surface area contributed by atoms with E-state index in [2.05, 4.69) is 20.6 Å². The van der Waals surface area contributed by atoms with Crippen LogP contribution in [0.4, 0.5) is 11.6 Å². The van der Waals surface area contributed by atoms with Crippen LogP contribution in [0.25, 0.3) is 0 Å². The van der Waals surface area contributed by atoms with Crippen molar-refractivity contribution in [1.82, 2.24) is 9.97 Å². The summed E-state index contributed by atoms with van der Waals surface area (Å²) in [4.78, 5) is 20.8. The molecule has 1 amide bonds. The van der Waals surface area contributed by atoms with Crippen LogP contribution in [0.5, 0.6) is 11.6 Å². The van der Waals surface area contributed by atoms with Crippen LogP contribution in [-0.2, 0) is 11.2 Å². The minimum Gasteiger partial charge on any atom is -0.439 e. The molecule has 124 valence electrons. The number of para-hydroxylation sites is 2. The van der Waals surface area contributed by atoms with Gasteiger partial charge in [-0.05, 0) is 23.8 Å². The van der Waals surface area contributed by atoms with Crippen LogP contribution in [0.15, 0.2) is 66.9 Å². The number of carbonyl (C=O) groups is 1. The van der Waals surface area contributed by atoms with Gasteiger partial charge in [0.25, 0.3) is 0 Å². The van der Waals surface area contributed by atoms with E-state index in [0.717, 1.165) is 11.3 Å². The van der Waals surface area contributed by atoms with Gasteiger partial charge in [0.2, 0.25) is 17.7 Å². The van der Waals surface area contributed by atoms with Crippen LogP contribution in [-0.4, -0.2) is 21.9 Å². The number of carbonyl (C=O) groups excluding carboxylic acids is 1. The molecule has 6 nitrogen and oxygen atoms in total. The topological polar surface area (TPSA) is 76.1 Å². The maximum absolute atomic E-state index is 12.3. The van der Waals surface area contributed by atoms with E-state index in [1.807, 2.05) is 54.6 Å². The Labute approximate surface area is 144 Å². The van der Waals surface area contributed by atoms with Gasteiger partial charge in [0.05, 0.1) is 0 Å². The highest BCUT2D eigenvalue weighted by molar-refractivity contribution is 5.99. The second kappa shape index (κ2) is 6.60. The number of hydrogen-bond donors (Lipinski definition) is 2. The van der Waals surface area contributed by atoms with Crippen molar-refractivity contribution in [1.29, 1.82) is 0 Å². The highest BCUT2D eigenvalue weighted by Crippen LogP contribution is 2.24. The summed E-state index contributed by atoms with van der Waals surface area (Å²) in [5.74, 6) is 1.36. The zero-order valence-electron chi connectivity index (χ0n) is 13.3. The second-order valence-electron chi connectivity index (χ2n) is 5.68. The highest BCUT2D eigenvalue weighted by atomic mass is 16.5. The molecule has 0 aliphatic carbocycles. The molecule has 2 aromatic carbocycles. The molecule has 4 rings (SSSR count). The molecule has 6 heteroatoms. The molecule has 1 aliphatic rings. The van der Waals surface area contributed by atoms with Crippen molar-refractivity contribution >= 4 is 17.5 Å². The van der Waals surface area contributed by atoms with Gasteiger partial charge in [-0.15, -0.1) is 0 Å².